The number of nitrogens with zero attached hydrogens (tertiary/aromatic N) is 3. The third-order valence-electron chi connectivity index (χ3n) is 4.57. The number of halogens is 1. The zero-order chi connectivity index (χ0) is 19.0. The summed E-state index contributed by atoms with van der Waals surface area (Å²) in [5.41, 5.74) is 3.80. The molecule has 0 saturated carbocycles. The summed E-state index contributed by atoms with van der Waals surface area (Å²) in [7, 11) is 1.36. The molecule has 0 N–H and O–H groups in total. The summed E-state index contributed by atoms with van der Waals surface area (Å²) in [6, 6.07) is 12.6. The predicted molar refractivity (Wildman–Crippen MR) is 104 cm³/mol. The van der Waals surface area contributed by atoms with Crippen LogP contribution in [-0.2, 0) is 11.2 Å². The van der Waals surface area contributed by atoms with Crippen molar-refractivity contribution in [2.75, 3.05) is 18.6 Å². The van der Waals surface area contributed by atoms with Gasteiger partial charge in [-0.3, -0.25) is 4.79 Å². The molecule has 7 heteroatoms. The second-order valence-corrected chi connectivity index (χ2v) is 7.11. The molecule has 0 radical (unpaired) electrons. The minimum atomic E-state index is -0.372. The molecule has 136 valence electrons. The highest BCUT2D eigenvalue weighted by molar-refractivity contribution is 9.10. The monoisotopic (exact) mass is 425 g/mol. The van der Waals surface area contributed by atoms with Gasteiger partial charge in [0.15, 0.2) is 0 Å². The van der Waals surface area contributed by atoms with Crippen LogP contribution in [0.4, 0.5) is 5.69 Å². The molecule has 0 fully saturated rings. The molecule has 1 aliphatic heterocycles. The van der Waals surface area contributed by atoms with E-state index >= 15 is 0 Å². The van der Waals surface area contributed by atoms with Gasteiger partial charge in [0.1, 0.15) is 0 Å². The fourth-order valence-electron chi connectivity index (χ4n) is 3.21. The van der Waals surface area contributed by atoms with Crippen molar-refractivity contribution in [2.45, 2.75) is 6.42 Å². The van der Waals surface area contributed by atoms with Crippen molar-refractivity contribution >= 4 is 33.5 Å². The number of hydrogen-bond donors (Lipinski definition) is 0. The zero-order valence-electron chi connectivity index (χ0n) is 14.6. The number of amides is 1. The summed E-state index contributed by atoms with van der Waals surface area (Å²) >= 11 is 3.37. The van der Waals surface area contributed by atoms with Crippen molar-refractivity contribution in [1.82, 2.24) is 9.78 Å². The van der Waals surface area contributed by atoms with E-state index in [0.29, 0.717) is 24.1 Å². The van der Waals surface area contributed by atoms with Gasteiger partial charge >= 0.3 is 5.97 Å². The van der Waals surface area contributed by atoms with E-state index in [9.17, 15) is 9.59 Å². The lowest BCUT2D eigenvalue weighted by Gasteiger charge is -2.18. The van der Waals surface area contributed by atoms with Crippen molar-refractivity contribution in [3.8, 4) is 5.69 Å². The summed E-state index contributed by atoms with van der Waals surface area (Å²) in [4.78, 5) is 26.4. The molecule has 4 rings (SSSR count). The number of carbonyl (C=O) groups excluding carboxylic acids is 2. The lowest BCUT2D eigenvalue weighted by molar-refractivity contribution is 0.0600. The number of ether oxygens (including phenoxy) is 1. The molecular formula is C20H16BrN3O3. The van der Waals surface area contributed by atoms with Crippen LogP contribution in [0, 0.1) is 0 Å². The zero-order valence-corrected chi connectivity index (χ0v) is 16.1. The molecule has 6 nitrogen and oxygen atoms in total. The molecule has 0 saturated heterocycles. The largest absolute Gasteiger partial charge is 0.465 e. The Morgan fingerprint density at radius 3 is 2.52 bits per heavy atom. The maximum atomic E-state index is 12.9. The van der Waals surface area contributed by atoms with Gasteiger partial charge in [0.2, 0.25) is 0 Å². The van der Waals surface area contributed by atoms with E-state index in [0.717, 1.165) is 21.4 Å². The Morgan fingerprint density at radius 2 is 1.85 bits per heavy atom. The van der Waals surface area contributed by atoms with Crippen LogP contribution in [-0.4, -0.2) is 35.3 Å². The standard InChI is InChI=1S/C20H16BrN3O3/c1-27-20(26)15-4-7-18-14(10-15)8-9-23(18)19(25)13-2-5-17(6-3-13)24-12-16(21)11-22-24/h2-7,10-12H,8-9H2,1H3. The maximum Gasteiger partial charge on any atom is 0.337 e. The first-order valence-corrected chi connectivity index (χ1v) is 9.20. The van der Waals surface area contributed by atoms with E-state index in [2.05, 4.69) is 21.0 Å². The highest BCUT2D eigenvalue weighted by Crippen LogP contribution is 2.30. The Bertz CT molecular complexity index is 1030. The molecule has 0 bridgehead atoms. The normalized spacial score (nSPS) is 12.7. The second kappa shape index (κ2) is 7.00. The SMILES string of the molecule is COC(=O)c1ccc2c(c1)CCN2C(=O)c1ccc(-n2cc(Br)cn2)cc1. The smallest absolute Gasteiger partial charge is 0.337 e. The molecule has 2 aromatic carbocycles. The number of aromatic nitrogens is 2. The number of esters is 1. The van der Waals surface area contributed by atoms with Gasteiger partial charge in [0.05, 0.1) is 29.0 Å². The van der Waals surface area contributed by atoms with Crippen molar-refractivity contribution in [3.63, 3.8) is 0 Å². The third kappa shape index (κ3) is 3.26. The van der Waals surface area contributed by atoms with Gasteiger partial charge in [-0.15, -0.1) is 0 Å². The van der Waals surface area contributed by atoms with Crippen LogP contribution in [0.3, 0.4) is 0 Å². The minimum absolute atomic E-state index is 0.0623. The highest BCUT2D eigenvalue weighted by Gasteiger charge is 2.26. The lowest BCUT2D eigenvalue weighted by atomic mass is 10.1. The van der Waals surface area contributed by atoms with Crippen LogP contribution < -0.4 is 4.90 Å². The van der Waals surface area contributed by atoms with E-state index in [-0.39, 0.29) is 11.9 Å². The van der Waals surface area contributed by atoms with E-state index in [1.807, 2.05) is 24.4 Å². The van der Waals surface area contributed by atoms with E-state index < -0.39 is 0 Å². The quantitative estimate of drug-likeness (QED) is 0.601. The summed E-state index contributed by atoms with van der Waals surface area (Å²) in [5, 5.41) is 4.23. The Labute approximate surface area is 164 Å². The number of rotatable bonds is 3. The van der Waals surface area contributed by atoms with Gasteiger partial charge in [0, 0.05) is 24.0 Å². The van der Waals surface area contributed by atoms with Gasteiger partial charge in [-0.1, -0.05) is 0 Å². The maximum absolute atomic E-state index is 12.9. The van der Waals surface area contributed by atoms with Crippen LogP contribution in [0.25, 0.3) is 5.69 Å². The Morgan fingerprint density at radius 1 is 1.11 bits per heavy atom. The fraction of sp³-hybridized carbons (Fsp3) is 0.150. The fourth-order valence-corrected chi connectivity index (χ4v) is 3.50. The first-order chi connectivity index (χ1) is 13.1. The molecule has 1 aromatic heterocycles. The summed E-state index contributed by atoms with van der Waals surface area (Å²) < 4.78 is 7.38. The third-order valence-corrected chi connectivity index (χ3v) is 4.98. The first-order valence-electron chi connectivity index (χ1n) is 8.40. The van der Waals surface area contributed by atoms with E-state index in [1.165, 1.54) is 7.11 Å². The van der Waals surface area contributed by atoms with Crippen LogP contribution in [0.15, 0.2) is 59.3 Å². The molecule has 0 aliphatic carbocycles. The minimum Gasteiger partial charge on any atom is -0.465 e. The molecule has 1 amide bonds. The van der Waals surface area contributed by atoms with Gasteiger partial charge in [0.25, 0.3) is 5.91 Å². The molecule has 1 aliphatic rings. The number of benzene rings is 2. The van der Waals surface area contributed by atoms with Crippen LogP contribution in [0.1, 0.15) is 26.3 Å². The van der Waals surface area contributed by atoms with Crippen molar-refractivity contribution in [3.05, 3.63) is 76.0 Å². The molecule has 0 unspecified atom stereocenters. The van der Waals surface area contributed by atoms with Crippen molar-refractivity contribution in [2.24, 2.45) is 0 Å². The summed E-state index contributed by atoms with van der Waals surface area (Å²) in [6.45, 7) is 0.590. The Balaban J connectivity index is 1.57. The summed E-state index contributed by atoms with van der Waals surface area (Å²) in [5.74, 6) is -0.434. The summed E-state index contributed by atoms with van der Waals surface area (Å²) in [6.07, 6.45) is 4.28. The van der Waals surface area contributed by atoms with Crippen molar-refractivity contribution < 1.29 is 14.3 Å². The average Bonchev–Trinajstić information content (AvgIpc) is 3.32. The van der Waals surface area contributed by atoms with Gasteiger partial charge in [-0.05, 0) is 70.4 Å². The van der Waals surface area contributed by atoms with Gasteiger partial charge < -0.3 is 9.64 Å². The molecule has 3 aromatic rings. The highest BCUT2D eigenvalue weighted by atomic mass is 79.9. The number of methoxy groups -OCH3 is 1. The molecule has 27 heavy (non-hydrogen) atoms. The topological polar surface area (TPSA) is 64.4 Å². The molecular weight excluding hydrogens is 410 g/mol. The van der Waals surface area contributed by atoms with Crippen LogP contribution in [0.5, 0.6) is 0 Å². The van der Waals surface area contributed by atoms with Crippen LogP contribution >= 0.6 is 15.9 Å². The molecule has 0 spiro atoms. The number of hydrogen-bond acceptors (Lipinski definition) is 4. The lowest BCUT2D eigenvalue weighted by Crippen LogP contribution is -2.28. The number of anilines is 1. The van der Waals surface area contributed by atoms with Gasteiger partial charge in [-0.25, -0.2) is 9.48 Å². The van der Waals surface area contributed by atoms with E-state index in [1.54, 1.807) is 40.0 Å². The van der Waals surface area contributed by atoms with Crippen molar-refractivity contribution in [1.29, 1.82) is 0 Å². The Hall–Kier alpha value is -2.93. The van der Waals surface area contributed by atoms with E-state index in [4.69, 9.17) is 4.74 Å². The molecule has 0 atom stereocenters. The average molecular weight is 426 g/mol. The van der Waals surface area contributed by atoms with Gasteiger partial charge in [-0.2, -0.15) is 5.10 Å². The van der Waals surface area contributed by atoms with Crippen LogP contribution in [0.2, 0.25) is 0 Å². The molecule has 2 heterocycles. The predicted octanol–water partition coefficient (Wildman–Crippen LogP) is 3.62. The second-order valence-electron chi connectivity index (χ2n) is 6.19. The number of fused-ring (bicyclic) bond motifs is 1. The first kappa shape index (κ1) is 17.5. The Kier molecular flexibility index (Phi) is 4.53. The number of carbonyl (C=O) groups is 2.